The van der Waals surface area contributed by atoms with Gasteiger partial charge >= 0.3 is 0 Å². The zero-order valence-corrected chi connectivity index (χ0v) is 10.7. The molecule has 1 aromatic heterocycles. The molecule has 0 aliphatic heterocycles. The summed E-state index contributed by atoms with van der Waals surface area (Å²) in [6.45, 7) is 1.61. The van der Waals surface area contributed by atoms with Gasteiger partial charge in [0.1, 0.15) is 0 Å². The van der Waals surface area contributed by atoms with Crippen molar-refractivity contribution in [3.8, 4) is 6.07 Å². The lowest BCUT2D eigenvalue weighted by molar-refractivity contribution is 0.314. The molecule has 0 saturated carbocycles. The Labute approximate surface area is 107 Å². The third kappa shape index (κ3) is 3.19. The molecule has 0 aliphatic rings. The first-order valence-corrected chi connectivity index (χ1v) is 5.83. The third-order valence-electron chi connectivity index (χ3n) is 2.71. The van der Waals surface area contributed by atoms with Crippen LogP contribution in [0.4, 0.5) is 0 Å². The van der Waals surface area contributed by atoms with E-state index in [2.05, 4.69) is 16.1 Å². The molecular formula is C14H16N4. The van der Waals surface area contributed by atoms with E-state index in [0.717, 1.165) is 24.3 Å². The molecule has 0 saturated heterocycles. The highest BCUT2D eigenvalue weighted by molar-refractivity contribution is 5.32. The first-order valence-electron chi connectivity index (χ1n) is 5.83. The maximum Gasteiger partial charge on any atom is 0.0991 e. The zero-order chi connectivity index (χ0) is 13.0. The van der Waals surface area contributed by atoms with E-state index in [4.69, 9.17) is 5.26 Å². The van der Waals surface area contributed by atoms with Crippen molar-refractivity contribution in [3.05, 3.63) is 53.3 Å². The molecule has 1 aromatic carbocycles. The van der Waals surface area contributed by atoms with Crippen LogP contribution in [0.25, 0.3) is 0 Å². The molecule has 2 aromatic rings. The lowest BCUT2D eigenvalue weighted by Gasteiger charge is -2.15. The summed E-state index contributed by atoms with van der Waals surface area (Å²) < 4.78 is 1.81. The summed E-state index contributed by atoms with van der Waals surface area (Å²) in [4.78, 5) is 2.18. The molecule has 4 nitrogen and oxygen atoms in total. The standard InChI is InChI=1S/C14H16N4/c1-17(11-14-6-7-18(2)16-14)10-13-5-3-4-12(8-13)9-15/h3-8H,10-11H2,1-2H3. The smallest absolute Gasteiger partial charge is 0.0991 e. The van der Waals surface area contributed by atoms with Gasteiger partial charge in [0.05, 0.1) is 17.3 Å². The van der Waals surface area contributed by atoms with Crippen LogP contribution < -0.4 is 0 Å². The average Bonchev–Trinajstić information content (AvgIpc) is 2.74. The van der Waals surface area contributed by atoms with Gasteiger partial charge in [-0.1, -0.05) is 12.1 Å². The predicted molar refractivity (Wildman–Crippen MR) is 69.5 cm³/mol. The van der Waals surface area contributed by atoms with Gasteiger partial charge in [-0.25, -0.2) is 0 Å². The van der Waals surface area contributed by atoms with Crippen molar-refractivity contribution in [2.24, 2.45) is 7.05 Å². The molecule has 0 atom stereocenters. The van der Waals surface area contributed by atoms with E-state index in [1.54, 1.807) is 4.68 Å². The Morgan fingerprint density at radius 1 is 1.33 bits per heavy atom. The van der Waals surface area contributed by atoms with Crippen molar-refractivity contribution in [2.75, 3.05) is 7.05 Å². The average molecular weight is 240 g/mol. The summed E-state index contributed by atoms with van der Waals surface area (Å²) in [5.41, 5.74) is 2.91. The van der Waals surface area contributed by atoms with Gasteiger partial charge in [-0.3, -0.25) is 9.58 Å². The first kappa shape index (κ1) is 12.3. The van der Waals surface area contributed by atoms with E-state index in [0.29, 0.717) is 5.56 Å². The van der Waals surface area contributed by atoms with Gasteiger partial charge in [-0.2, -0.15) is 10.4 Å². The Bertz CT molecular complexity index is 565. The summed E-state index contributed by atoms with van der Waals surface area (Å²) in [5, 5.41) is 13.2. The highest BCUT2D eigenvalue weighted by atomic mass is 15.3. The fourth-order valence-electron chi connectivity index (χ4n) is 1.93. The number of rotatable bonds is 4. The summed E-state index contributed by atoms with van der Waals surface area (Å²) in [5.74, 6) is 0. The van der Waals surface area contributed by atoms with Crippen molar-refractivity contribution < 1.29 is 0 Å². The Morgan fingerprint density at radius 2 is 2.17 bits per heavy atom. The van der Waals surface area contributed by atoms with Crippen LogP contribution >= 0.6 is 0 Å². The van der Waals surface area contributed by atoms with Crippen LogP contribution in [-0.2, 0) is 20.1 Å². The van der Waals surface area contributed by atoms with Crippen LogP contribution in [0.3, 0.4) is 0 Å². The largest absolute Gasteiger partial charge is 0.296 e. The van der Waals surface area contributed by atoms with E-state index in [1.165, 1.54) is 0 Å². The van der Waals surface area contributed by atoms with E-state index in [1.807, 2.05) is 50.6 Å². The molecule has 0 aliphatic carbocycles. The van der Waals surface area contributed by atoms with Gasteiger partial charge in [0.15, 0.2) is 0 Å². The summed E-state index contributed by atoms with van der Waals surface area (Å²) in [6.07, 6.45) is 1.94. The lowest BCUT2D eigenvalue weighted by Crippen LogP contribution is -2.17. The minimum Gasteiger partial charge on any atom is -0.296 e. The molecule has 0 amide bonds. The Kier molecular flexibility index (Phi) is 3.75. The highest BCUT2D eigenvalue weighted by Crippen LogP contribution is 2.08. The molecule has 4 heteroatoms. The monoisotopic (exact) mass is 240 g/mol. The molecule has 0 bridgehead atoms. The molecule has 0 spiro atoms. The van der Waals surface area contributed by atoms with Crippen molar-refractivity contribution in [3.63, 3.8) is 0 Å². The topological polar surface area (TPSA) is 44.9 Å². The highest BCUT2D eigenvalue weighted by Gasteiger charge is 2.04. The second-order valence-electron chi connectivity index (χ2n) is 4.47. The van der Waals surface area contributed by atoms with E-state index < -0.39 is 0 Å². The van der Waals surface area contributed by atoms with Gasteiger partial charge < -0.3 is 0 Å². The number of hydrogen-bond acceptors (Lipinski definition) is 3. The van der Waals surface area contributed by atoms with E-state index in [9.17, 15) is 0 Å². The fraction of sp³-hybridized carbons (Fsp3) is 0.286. The maximum absolute atomic E-state index is 8.86. The van der Waals surface area contributed by atoms with Crippen molar-refractivity contribution >= 4 is 0 Å². The van der Waals surface area contributed by atoms with E-state index in [-0.39, 0.29) is 0 Å². The Hall–Kier alpha value is -2.12. The van der Waals surface area contributed by atoms with Crippen LogP contribution in [0.15, 0.2) is 36.5 Å². The molecule has 2 rings (SSSR count). The number of nitrogens with zero attached hydrogens (tertiary/aromatic N) is 4. The second kappa shape index (κ2) is 5.48. The number of aromatic nitrogens is 2. The molecule has 0 N–H and O–H groups in total. The Balaban J connectivity index is 1.98. The second-order valence-corrected chi connectivity index (χ2v) is 4.47. The number of aryl methyl sites for hydroxylation is 1. The number of nitriles is 1. The normalized spacial score (nSPS) is 10.6. The van der Waals surface area contributed by atoms with Crippen LogP contribution in [0.1, 0.15) is 16.8 Å². The van der Waals surface area contributed by atoms with Gasteiger partial charge in [0.2, 0.25) is 0 Å². The summed E-state index contributed by atoms with van der Waals surface area (Å²) in [6, 6.07) is 11.9. The maximum atomic E-state index is 8.86. The number of benzene rings is 1. The molecule has 0 radical (unpaired) electrons. The summed E-state index contributed by atoms with van der Waals surface area (Å²) in [7, 11) is 3.97. The van der Waals surface area contributed by atoms with Crippen molar-refractivity contribution in [1.82, 2.24) is 14.7 Å². The first-order chi connectivity index (χ1) is 8.67. The molecule has 92 valence electrons. The van der Waals surface area contributed by atoms with E-state index >= 15 is 0 Å². The predicted octanol–water partition coefficient (Wildman–Crippen LogP) is 1.92. The third-order valence-corrected chi connectivity index (χ3v) is 2.71. The SMILES string of the molecule is CN(Cc1cccc(C#N)c1)Cc1ccn(C)n1. The van der Waals surface area contributed by atoms with Crippen LogP contribution in [0, 0.1) is 11.3 Å². The van der Waals surface area contributed by atoms with Crippen molar-refractivity contribution in [1.29, 1.82) is 5.26 Å². The molecular weight excluding hydrogens is 224 g/mol. The van der Waals surface area contributed by atoms with Crippen LogP contribution in [0.5, 0.6) is 0 Å². The van der Waals surface area contributed by atoms with Gasteiger partial charge in [0.25, 0.3) is 0 Å². The molecule has 0 unspecified atom stereocenters. The summed E-state index contributed by atoms with van der Waals surface area (Å²) >= 11 is 0. The molecule has 18 heavy (non-hydrogen) atoms. The van der Waals surface area contributed by atoms with Gasteiger partial charge in [0, 0.05) is 26.3 Å². The lowest BCUT2D eigenvalue weighted by atomic mass is 10.1. The minimum atomic E-state index is 0.707. The van der Waals surface area contributed by atoms with Crippen LogP contribution in [-0.4, -0.2) is 21.7 Å². The molecule has 0 fully saturated rings. The quantitative estimate of drug-likeness (QED) is 0.820. The van der Waals surface area contributed by atoms with Crippen LogP contribution in [0.2, 0.25) is 0 Å². The van der Waals surface area contributed by atoms with Gasteiger partial charge in [-0.15, -0.1) is 0 Å². The number of hydrogen-bond donors (Lipinski definition) is 0. The zero-order valence-electron chi connectivity index (χ0n) is 10.7. The minimum absolute atomic E-state index is 0.707. The fourth-order valence-corrected chi connectivity index (χ4v) is 1.93. The molecule has 1 heterocycles. The van der Waals surface area contributed by atoms with Gasteiger partial charge in [-0.05, 0) is 30.8 Å². The van der Waals surface area contributed by atoms with Crippen molar-refractivity contribution in [2.45, 2.75) is 13.1 Å². The Morgan fingerprint density at radius 3 is 2.83 bits per heavy atom.